The molecule has 0 aromatic rings. The molecule has 0 radical (unpaired) electrons. The van der Waals surface area contributed by atoms with Crippen LogP contribution in [-0.2, 0) is 9.84 Å². The van der Waals surface area contributed by atoms with E-state index in [1.165, 1.54) is 12.8 Å². The fraction of sp³-hybridized carbons (Fsp3) is 1.00. The predicted octanol–water partition coefficient (Wildman–Crippen LogP) is 0.658. The lowest BCUT2D eigenvalue weighted by Crippen LogP contribution is -2.67. The van der Waals surface area contributed by atoms with Gasteiger partial charge in [-0.15, -0.1) is 0 Å². The van der Waals surface area contributed by atoms with Crippen LogP contribution in [0.4, 0.5) is 0 Å². The standard InChI is InChI=1S/C9H17NO2S/c1-8-4-3-5-9(10(8)2)6-13(11,12)7-9/h8H,3-7H2,1-2H3. The van der Waals surface area contributed by atoms with Crippen LogP contribution in [0.25, 0.3) is 0 Å². The molecule has 1 atom stereocenters. The molecule has 3 nitrogen and oxygen atoms in total. The third-order valence-electron chi connectivity index (χ3n) is 3.65. The van der Waals surface area contributed by atoms with Crippen LogP contribution in [0.3, 0.4) is 0 Å². The third-order valence-corrected chi connectivity index (χ3v) is 5.60. The zero-order valence-corrected chi connectivity index (χ0v) is 9.10. The topological polar surface area (TPSA) is 37.4 Å². The molecule has 2 heterocycles. The van der Waals surface area contributed by atoms with Gasteiger partial charge < -0.3 is 0 Å². The first kappa shape index (κ1) is 9.46. The van der Waals surface area contributed by atoms with Crippen LogP contribution in [0, 0.1) is 0 Å². The summed E-state index contributed by atoms with van der Waals surface area (Å²) < 4.78 is 22.4. The number of rotatable bonds is 0. The molecule has 0 N–H and O–H groups in total. The lowest BCUT2D eigenvalue weighted by molar-refractivity contribution is 0.0534. The van der Waals surface area contributed by atoms with Crippen LogP contribution in [0.2, 0.25) is 0 Å². The highest BCUT2D eigenvalue weighted by Crippen LogP contribution is 2.39. The molecule has 0 saturated carbocycles. The van der Waals surface area contributed by atoms with Crippen LogP contribution < -0.4 is 0 Å². The van der Waals surface area contributed by atoms with Gasteiger partial charge in [-0.2, -0.15) is 0 Å². The minimum absolute atomic E-state index is 0.0104. The molecule has 1 unspecified atom stereocenters. The Bertz CT molecular complexity index is 298. The minimum atomic E-state index is -2.69. The van der Waals surface area contributed by atoms with Gasteiger partial charge in [0, 0.05) is 11.6 Å². The summed E-state index contributed by atoms with van der Waals surface area (Å²) in [6, 6.07) is 0.546. The molecule has 2 saturated heterocycles. The SMILES string of the molecule is CC1CCCC2(CS(=O)(=O)C2)N1C. The lowest BCUT2D eigenvalue weighted by Gasteiger charge is -2.53. The van der Waals surface area contributed by atoms with Crippen molar-refractivity contribution in [1.82, 2.24) is 4.90 Å². The highest BCUT2D eigenvalue weighted by atomic mass is 32.2. The van der Waals surface area contributed by atoms with Crippen molar-refractivity contribution in [1.29, 1.82) is 0 Å². The van der Waals surface area contributed by atoms with Crippen LogP contribution in [0.15, 0.2) is 0 Å². The van der Waals surface area contributed by atoms with E-state index in [9.17, 15) is 8.42 Å². The highest BCUT2D eigenvalue weighted by Gasteiger charge is 2.53. The Morgan fingerprint density at radius 3 is 2.54 bits per heavy atom. The molecule has 0 aliphatic carbocycles. The summed E-state index contributed by atoms with van der Waals surface area (Å²) in [7, 11) is -0.620. The van der Waals surface area contributed by atoms with E-state index in [0.29, 0.717) is 17.5 Å². The van der Waals surface area contributed by atoms with Gasteiger partial charge in [0.05, 0.1) is 11.5 Å². The Kier molecular flexibility index (Phi) is 1.97. The zero-order valence-electron chi connectivity index (χ0n) is 8.28. The second kappa shape index (κ2) is 2.70. The summed E-state index contributed by atoms with van der Waals surface area (Å²) >= 11 is 0. The maximum atomic E-state index is 11.2. The summed E-state index contributed by atoms with van der Waals surface area (Å²) in [6.45, 7) is 2.19. The van der Waals surface area contributed by atoms with Crippen molar-refractivity contribution < 1.29 is 8.42 Å². The van der Waals surface area contributed by atoms with Crippen molar-refractivity contribution >= 4 is 9.84 Å². The number of piperidine rings is 1. The first-order valence-electron chi connectivity index (χ1n) is 4.89. The molecule has 76 valence electrons. The fourth-order valence-electron chi connectivity index (χ4n) is 2.69. The van der Waals surface area contributed by atoms with Gasteiger partial charge in [0.15, 0.2) is 9.84 Å². The van der Waals surface area contributed by atoms with E-state index in [1.54, 1.807) is 0 Å². The van der Waals surface area contributed by atoms with Gasteiger partial charge in [0.2, 0.25) is 0 Å². The Labute approximate surface area is 80.0 Å². The number of hydrogen-bond acceptors (Lipinski definition) is 3. The van der Waals surface area contributed by atoms with E-state index in [0.717, 1.165) is 6.42 Å². The average Bonchev–Trinajstić information content (AvgIpc) is 1.96. The smallest absolute Gasteiger partial charge is 0.154 e. The number of nitrogens with zero attached hydrogens (tertiary/aromatic N) is 1. The molecule has 4 heteroatoms. The van der Waals surface area contributed by atoms with Gasteiger partial charge in [-0.1, -0.05) is 0 Å². The molecule has 2 fully saturated rings. The average molecular weight is 203 g/mol. The molecule has 2 rings (SSSR count). The molecule has 0 bridgehead atoms. The van der Waals surface area contributed by atoms with E-state index in [2.05, 4.69) is 18.9 Å². The van der Waals surface area contributed by atoms with E-state index >= 15 is 0 Å². The van der Waals surface area contributed by atoms with Crippen molar-refractivity contribution in [2.75, 3.05) is 18.6 Å². The maximum Gasteiger partial charge on any atom is 0.154 e. The van der Waals surface area contributed by atoms with Gasteiger partial charge in [-0.3, -0.25) is 4.90 Å². The van der Waals surface area contributed by atoms with Crippen LogP contribution in [-0.4, -0.2) is 43.5 Å². The highest BCUT2D eigenvalue weighted by molar-refractivity contribution is 7.93. The molecule has 13 heavy (non-hydrogen) atoms. The minimum Gasteiger partial charge on any atom is -0.296 e. The molecule has 2 aliphatic heterocycles. The van der Waals surface area contributed by atoms with E-state index < -0.39 is 9.84 Å². The second-order valence-corrected chi connectivity index (χ2v) is 6.67. The molecular formula is C9H17NO2S. The number of hydrogen-bond donors (Lipinski definition) is 0. The molecule has 0 aromatic heterocycles. The van der Waals surface area contributed by atoms with Crippen LogP contribution in [0.1, 0.15) is 26.2 Å². The lowest BCUT2D eigenvalue weighted by atomic mass is 9.86. The van der Waals surface area contributed by atoms with Crippen LogP contribution >= 0.6 is 0 Å². The predicted molar refractivity (Wildman–Crippen MR) is 52.5 cm³/mol. The monoisotopic (exact) mass is 203 g/mol. The fourth-order valence-corrected chi connectivity index (χ4v) is 4.94. The second-order valence-electron chi connectivity index (χ2n) is 4.61. The molecular weight excluding hydrogens is 186 g/mol. The normalized spacial score (nSPS) is 37.2. The van der Waals surface area contributed by atoms with Crippen molar-refractivity contribution in [3.05, 3.63) is 0 Å². The Morgan fingerprint density at radius 2 is 2.00 bits per heavy atom. The van der Waals surface area contributed by atoms with Crippen molar-refractivity contribution in [3.8, 4) is 0 Å². The van der Waals surface area contributed by atoms with Gasteiger partial charge in [0.25, 0.3) is 0 Å². The number of sulfone groups is 1. The number of likely N-dealkylation sites (tertiary alicyclic amines) is 1. The molecule has 0 aromatic carbocycles. The Morgan fingerprint density at radius 1 is 1.38 bits per heavy atom. The molecule has 1 spiro atoms. The van der Waals surface area contributed by atoms with Gasteiger partial charge in [-0.05, 0) is 33.2 Å². The van der Waals surface area contributed by atoms with E-state index in [1.807, 2.05) is 0 Å². The van der Waals surface area contributed by atoms with E-state index in [-0.39, 0.29) is 5.54 Å². The van der Waals surface area contributed by atoms with Gasteiger partial charge >= 0.3 is 0 Å². The Balaban J connectivity index is 2.16. The van der Waals surface area contributed by atoms with Gasteiger partial charge in [0.1, 0.15) is 0 Å². The van der Waals surface area contributed by atoms with Crippen LogP contribution in [0.5, 0.6) is 0 Å². The summed E-state index contributed by atoms with van der Waals surface area (Å²) in [4.78, 5) is 2.28. The Hall–Kier alpha value is -0.0900. The summed E-state index contributed by atoms with van der Waals surface area (Å²) in [5.41, 5.74) is 0.0104. The van der Waals surface area contributed by atoms with Crippen molar-refractivity contribution in [3.63, 3.8) is 0 Å². The van der Waals surface area contributed by atoms with E-state index in [4.69, 9.17) is 0 Å². The summed E-state index contributed by atoms with van der Waals surface area (Å²) in [5.74, 6) is 0.779. The quantitative estimate of drug-likeness (QED) is 0.580. The first-order valence-corrected chi connectivity index (χ1v) is 6.71. The molecule has 0 amide bonds. The summed E-state index contributed by atoms with van der Waals surface area (Å²) in [5, 5.41) is 0. The van der Waals surface area contributed by atoms with Crippen molar-refractivity contribution in [2.24, 2.45) is 0 Å². The van der Waals surface area contributed by atoms with Crippen molar-refractivity contribution in [2.45, 2.75) is 37.8 Å². The molecule has 2 aliphatic rings. The zero-order chi connectivity index (χ0) is 9.69. The maximum absolute atomic E-state index is 11.2. The summed E-state index contributed by atoms with van der Waals surface area (Å²) in [6.07, 6.45) is 3.45. The first-order chi connectivity index (χ1) is 5.95. The third kappa shape index (κ3) is 1.40. The largest absolute Gasteiger partial charge is 0.296 e. The van der Waals surface area contributed by atoms with Gasteiger partial charge in [-0.25, -0.2) is 8.42 Å².